The number of carbonyl (C=O) groups excluding carboxylic acids is 2. The number of para-hydroxylation sites is 1. The highest BCUT2D eigenvalue weighted by Gasteiger charge is 2.14. The fourth-order valence-electron chi connectivity index (χ4n) is 3.07. The number of hydrogen-bond acceptors (Lipinski definition) is 5. The first-order valence-electron chi connectivity index (χ1n) is 9.51. The molecular formula is C23H24N4O2. The van der Waals surface area contributed by atoms with Crippen molar-refractivity contribution in [3.8, 4) is 0 Å². The molecule has 1 amide bonds. The first-order chi connectivity index (χ1) is 13.9. The molecule has 2 N–H and O–H groups in total. The Morgan fingerprint density at radius 2 is 1.76 bits per heavy atom. The third-order valence-corrected chi connectivity index (χ3v) is 4.59. The van der Waals surface area contributed by atoms with E-state index >= 15 is 0 Å². The number of ketones is 1. The van der Waals surface area contributed by atoms with Crippen LogP contribution in [0, 0.1) is 13.8 Å². The highest BCUT2D eigenvalue weighted by molar-refractivity contribution is 6.04. The second kappa shape index (κ2) is 8.65. The van der Waals surface area contributed by atoms with Crippen LogP contribution in [0.1, 0.15) is 51.5 Å². The largest absolute Gasteiger partial charge is 0.324 e. The van der Waals surface area contributed by atoms with Gasteiger partial charge in [-0.1, -0.05) is 37.3 Å². The molecule has 0 radical (unpaired) electrons. The highest BCUT2D eigenvalue weighted by atomic mass is 16.2. The van der Waals surface area contributed by atoms with E-state index < -0.39 is 0 Å². The van der Waals surface area contributed by atoms with Crippen LogP contribution < -0.4 is 10.6 Å². The van der Waals surface area contributed by atoms with E-state index in [1.54, 1.807) is 31.2 Å². The minimum Gasteiger partial charge on any atom is -0.324 e. The van der Waals surface area contributed by atoms with Crippen LogP contribution in [-0.4, -0.2) is 21.7 Å². The topological polar surface area (TPSA) is 84.0 Å². The number of anilines is 3. The van der Waals surface area contributed by atoms with Crippen LogP contribution in [0.2, 0.25) is 0 Å². The van der Waals surface area contributed by atoms with Gasteiger partial charge in [0.25, 0.3) is 5.91 Å². The molecule has 0 saturated heterocycles. The lowest BCUT2D eigenvalue weighted by Gasteiger charge is -2.13. The average Bonchev–Trinajstić information content (AvgIpc) is 2.69. The summed E-state index contributed by atoms with van der Waals surface area (Å²) >= 11 is 0. The van der Waals surface area contributed by atoms with Gasteiger partial charge in [0.05, 0.1) is 0 Å². The van der Waals surface area contributed by atoms with E-state index in [-0.39, 0.29) is 17.4 Å². The summed E-state index contributed by atoms with van der Waals surface area (Å²) in [6, 6.07) is 14.7. The molecule has 0 saturated carbocycles. The van der Waals surface area contributed by atoms with Crippen molar-refractivity contribution in [1.29, 1.82) is 0 Å². The number of nitrogens with one attached hydrogen (secondary N) is 2. The molecule has 0 fully saturated rings. The van der Waals surface area contributed by atoms with Crippen LogP contribution in [0.15, 0.2) is 48.5 Å². The Kier molecular flexibility index (Phi) is 6.02. The van der Waals surface area contributed by atoms with Gasteiger partial charge in [0, 0.05) is 22.6 Å². The summed E-state index contributed by atoms with van der Waals surface area (Å²) in [7, 11) is 0. The molecule has 0 atom stereocenters. The molecule has 0 unspecified atom stereocenters. The molecule has 148 valence electrons. The van der Waals surface area contributed by atoms with Crippen molar-refractivity contribution in [3.05, 3.63) is 76.6 Å². The molecule has 0 aliphatic heterocycles. The number of nitrogens with zero attached hydrogens (tertiary/aromatic N) is 2. The van der Waals surface area contributed by atoms with Gasteiger partial charge in [-0.05, 0) is 56.5 Å². The second-order valence-corrected chi connectivity index (χ2v) is 6.90. The van der Waals surface area contributed by atoms with E-state index in [4.69, 9.17) is 0 Å². The Morgan fingerprint density at radius 3 is 2.48 bits per heavy atom. The Labute approximate surface area is 170 Å². The summed E-state index contributed by atoms with van der Waals surface area (Å²) in [4.78, 5) is 33.2. The predicted molar refractivity (Wildman–Crippen MR) is 115 cm³/mol. The number of benzene rings is 2. The molecule has 1 aromatic heterocycles. The molecule has 0 bridgehead atoms. The van der Waals surface area contributed by atoms with E-state index in [0.29, 0.717) is 22.9 Å². The molecule has 6 nitrogen and oxygen atoms in total. The second-order valence-electron chi connectivity index (χ2n) is 6.90. The highest BCUT2D eigenvalue weighted by Crippen LogP contribution is 2.22. The summed E-state index contributed by atoms with van der Waals surface area (Å²) in [5.41, 5.74) is 5.10. The molecule has 3 rings (SSSR count). The summed E-state index contributed by atoms with van der Waals surface area (Å²) in [5, 5.41) is 6.07. The number of hydrogen-bond donors (Lipinski definition) is 2. The molecule has 0 aliphatic rings. The predicted octanol–water partition coefficient (Wildman–Crippen LogP) is 4.85. The van der Waals surface area contributed by atoms with E-state index in [1.807, 2.05) is 31.2 Å². The Balaban J connectivity index is 1.87. The van der Waals surface area contributed by atoms with Gasteiger partial charge in [0.2, 0.25) is 5.95 Å². The Bertz CT molecular complexity index is 1080. The third kappa shape index (κ3) is 4.85. The first-order valence-corrected chi connectivity index (χ1v) is 9.51. The standard InChI is InChI=1S/C23H24N4O2/c1-5-17-9-6-8-14(2)21(17)27-22(29)20-12-15(3)24-23(26-20)25-19-11-7-10-18(13-19)16(4)28/h6-13H,5H2,1-4H3,(H,27,29)(H,24,25,26). The van der Waals surface area contributed by atoms with Gasteiger partial charge >= 0.3 is 0 Å². The van der Waals surface area contributed by atoms with Gasteiger partial charge in [-0.25, -0.2) is 9.97 Å². The average molecular weight is 388 g/mol. The minimum absolute atomic E-state index is 0.0242. The van der Waals surface area contributed by atoms with Crippen LogP contribution >= 0.6 is 0 Å². The number of aryl methyl sites for hydroxylation is 3. The zero-order valence-electron chi connectivity index (χ0n) is 17.0. The number of carbonyl (C=O) groups is 2. The number of Topliss-reactive ketones (excluding diaryl/α,β-unsaturated/α-hetero) is 1. The van der Waals surface area contributed by atoms with E-state index in [9.17, 15) is 9.59 Å². The lowest BCUT2D eigenvalue weighted by Crippen LogP contribution is -2.17. The van der Waals surface area contributed by atoms with Gasteiger partial charge in [0.1, 0.15) is 5.69 Å². The summed E-state index contributed by atoms with van der Waals surface area (Å²) < 4.78 is 0. The molecule has 1 heterocycles. The smallest absolute Gasteiger partial charge is 0.274 e. The van der Waals surface area contributed by atoms with E-state index in [1.165, 1.54) is 6.92 Å². The number of rotatable bonds is 6. The van der Waals surface area contributed by atoms with Crippen LogP contribution in [0.3, 0.4) is 0 Å². The first kappa shape index (κ1) is 20.2. The van der Waals surface area contributed by atoms with Crippen LogP contribution in [-0.2, 0) is 6.42 Å². The van der Waals surface area contributed by atoms with Gasteiger partial charge in [-0.15, -0.1) is 0 Å². The number of amides is 1. The zero-order valence-corrected chi connectivity index (χ0v) is 17.0. The van der Waals surface area contributed by atoms with Crippen molar-refractivity contribution in [2.45, 2.75) is 34.1 Å². The van der Waals surface area contributed by atoms with Gasteiger partial charge in [0.15, 0.2) is 5.78 Å². The van der Waals surface area contributed by atoms with Crippen molar-refractivity contribution in [3.63, 3.8) is 0 Å². The van der Waals surface area contributed by atoms with Crippen molar-refractivity contribution in [2.24, 2.45) is 0 Å². The van der Waals surface area contributed by atoms with Crippen LogP contribution in [0.25, 0.3) is 0 Å². The van der Waals surface area contributed by atoms with Crippen molar-refractivity contribution in [1.82, 2.24) is 9.97 Å². The SMILES string of the molecule is CCc1cccc(C)c1NC(=O)c1cc(C)nc(Nc2cccc(C(C)=O)c2)n1. The Hall–Kier alpha value is -3.54. The van der Waals surface area contributed by atoms with Crippen molar-refractivity contribution >= 4 is 29.0 Å². The molecule has 3 aromatic rings. The molecule has 0 aliphatic carbocycles. The normalized spacial score (nSPS) is 10.5. The fourth-order valence-corrected chi connectivity index (χ4v) is 3.07. The van der Waals surface area contributed by atoms with Gasteiger partial charge in [-0.3, -0.25) is 9.59 Å². The molecule has 0 spiro atoms. The third-order valence-electron chi connectivity index (χ3n) is 4.59. The summed E-state index contributed by atoms with van der Waals surface area (Å²) in [6.07, 6.45) is 0.819. The quantitative estimate of drug-likeness (QED) is 0.590. The lowest BCUT2D eigenvalue weighted by atomic mass is 10.1. The summed E-state index contributed by atoms with van der Waals surface area (Å²) in [5.74, 6) is -0.0137. The van der Waals surface area contributed by atoms with Gasteiger partial charge < -0.3 is 10.6 Å². The summed E-state index contributed by atoms with van der Waals surface area (Å²) in [6.45, 7) is 7.34. The number of aromatic nitrogens is 2. The van der Waals surface area contributed by atoms with Gasteiger partial charge in [-0.2, -0.15) is 0 Å². The fraction of sp³-hybridized carbons (Fsp3) is 0.217. The van der Waals surface area contributed by atoms with E-state index in [2.05, 4.69) is 27.5 Å². The van der Waals surface area contributed by atoms with E-state index in [0.717, 1.165) is 23.2 Å². The lowest BCUT2D eigenvalue weighted by molar-refractivity contribution is 0.101. The maximum Gasteiger partial charge on any atom is 0.274 e. The molecule has 29 heavy (non-hydrogen) atoms. The maximum absolute atomic E-state index is 12.9. The zero-order chi connectivity index (χ0) is 21.0. The van der Waals surface area contributed by atoms with Crippen molar-refractivity contribution < 1.29 is 9.59 Å². The Morgan fingerprint density at radius 1 is 1.00 bits per heavy atom. The van der Waals surface area contributed by atoms with Crippen molar-refractivity contribution in [2.75, 3.05) is 10.6 Å². The molecule has 6 heteroatoms. The van der Waals surface area contributed by atoms with Crippen LogP contribution in [0.4, 0.5) is 17.3 Å². The monoisotopic (exact) mass is 388 g/mol. The maximum atomic E-state index is 12.9. The molecule has 2 aromatic carbocycles. The van der Waals surface area contributed by atoms with Crippen LogP contribution in [0.5, 0.6) is 0 Å². The molecular weight excluding hydrogens is 364 g/mol. The minimum atomic E-state index is -0.292.